The van der Waals surface area contributed by atoms with Crippen LogP contribution in [-0.2, 0) is 14.4 Å². The van der Waals surface area contributed by atoms with Crippen LogP contribution < -0.4 is 0 Å². The van der Waals surface area contributed by atoms with Gasteiger partial charge in [0.1, 0.15) is 4.90 Å². The Kier molecular flexibility index (Phi) is 5.40. The minimum atomic E-state index is -4.90. The summed E-state index contributed by atoms with van der Waals surface area (Å²) in [5.41, 5.74) is -0.156. The molecule has 0 unspecified atom stereocenters. The maximum absolute atomic E-state index is 13.7. The highest BCUT2D eigenvalue weighted by atomic mass is 32.2. The van der Waals surface area contributed by atoms with Crippen LogP contribution in [0.1, 0.15) is 22.3 Å². The molecule has 152 valence electrons. The molecule has 0 atom stereocenters. The Morgan fingerprint density at radius 3 is 2.14 bits per heavy atom. The number of aryl methyl sites for hydroxylation is 3. The first kappa shape index (κ1) is 20.9. The van der Waals surface area contributed by atoms with E-state index in [1.165, 1.54) is 26.0 Å². The second kappa shape index (κ2) is 7.51. The summed E-state index contributed by atoms with van der Waals surface area (Å²) in [4.78, 5) is -0.252. The minimum absolute atomic E-state index is 0.198. The van der Waals surface area contributed by atoms with Gasteiger partial charge in [0, 0.05) is 10.9 Å². The molecule has 3 aromatic rings. The Morgan fingerprint density at radius 1 is 0.931 bits per heavy atom. The minimum Gasteiger partial charge on any atom is -0.264 e. The lowest BCUT2D eigenvalue weighted by molar-refractivity contribution is -0.0597. The van der Waals surface area contributed by atoms with Crippen molar-refractivity contribution in [1.29, 1.82) is 0 Å². The molecule has 0 aliphatic carbocycles. The van der Waals surface area contributed by atoms with Gasteiger partial charge in [0.05, 0.1) is 0 Å². The van der Waals surface area contributed by atoms with Gasteiger partial charge in [0.2, 0.25) is 0 Å². The maximum Gasteiger partial charge on any atom is 0.437 e. The van der Waals surface area contributed by atoms with Crippen molar-refractivity contribution in [2.24, 2.45) is 5.16 Å². The highest BCUT2D eigenvalue weighted by molar-refractivity contribution is 7.87. The summed E-state index contributed by atoms with van der Waals surface area (Å²) in [6.07, 6.45) is -4.90. The van der Waals surface area contributed by atoms with Gasteiger partial charge in [-0.05, 0) is 43.4 Å². The Hall–Kier alpha value is -2.87. The summed E-state index contributed by atoms with van der Waals surface area (Å²) in [5, 5.41) is 4.02. The van der Waals surface area contributed by atoms with Crippen LogP contribution >= 0.6 is 0 Å². The molecule has 0 aliphatic rings. The van der Waals surface area contributed by atoms with E-state index in [2.05, 4.69) is 9.44 Å². The van der Waals surface area contributed by atoms with Crippen LogP contribution in [0.5, 0.6) is 0 Å². The van der Waals surface area contributed by atoms with Gasteiger partial charge in [-0.15, -0.1) is 0 Å². The van der Waals surface area contributed by atoms with E-state index in [1.54, 1.807) is 49.4 Å². The highest BCUT2D eigenvalue weighted by Gasteiger charge is 2.40. The molecule has 0 amide bonds. The van der Waals surface area contributed by atoms with Crippen LogP contribution in [0.4, 0.5) is 13.2 Å². The van der Waals surface area contributed by atoms with E-state index >= 15 is 0 Å². The average Bonchev–Trinajstić information content (AvgIpc) is 2.62. The third kappa shape index (κ3) is 4.27. The van der Waals surface area contributed by atoms with Crippen LogP contribution in [-0.4, -0.2) is 20.3 Å². The fourth-order valence-corrected chi connectivity index (χ4v) is 4.29. The summed E-state index contributed by atoms with van der Waals surface area (Å²) >= 11 is 0. The molecule has 29 heavy (non-hydrogen) atoms. The molecule has 0 bridgehead atoms. The molecule has 0 heterocycles. The van der Waals surface area contributed by atoms with Crippen LogP contribution in [0.15, 0.2) is 64.6 Å². The molecule has 0 N–H and O–H groups in total. The summed E-state index contributed by atoms with van der Waals surface area (Å²) in [7, 11) is -4.57. The zero-order chi connectivity index (χ0) is 21.4. The van der Waals surface area contributed by atoms with E-state index in [9.17, 15) is 21.6 Å². The molecule has 0 aromatic heterocycles. The van der Waals surface area contributed by atoms with Crippen LogP contribution in [0.25, 0.3) is 10.8 Å². The lowest BCUT2D eigenvalue weighted by Gasteiger charge is -2.16. The fraction of sp³-hybridized carbons (Fsp3) is 0.190. The Morgan fingerprint density at radius 2 is 1.52 bits per heavy atom. The molecular weight excluding hydrogens is 403 g/mol. The van der Waals surface area contributed by atoms with Crippen molar-refractivity contribution in [2.45, 2.75) is 31.8 Å². The number of benzene rings is 3. The van der Waals surface area contributed by atoms with Crippen molar-refractivity contribution in [3.05, 3.63) is 76.9 Å². The van der Waals surface area contributed by atoms with Crippen molar-refractivity contribution >= 4 is 26.6 Å². The largest absolute Gasteiger partial charge is 0.437 e. The molecule has 3 aromatic carbocycles. The first-order valence-corrected chi connectivity index (χ1v) is 10.1. The van der Waals surface area contributed by atoms with Gasteiger partial charge in [0.15, 0.2) is 5.71 Å². The number of halogens is 3. The lowest BCUT2D eigenvalue weighted by Crippen LogP contribution is -2.27. The monoisotopic (exact) mass is 421 g/mol. The maximum atomic E-state index is 13.7. The van der Waals surface area contributed by atoms with E-state index in [0.29, 0.717) is 21.9 Å². The van der Waals surface area contributed by atoms with Gasteiger partial charge in [-0.3, -0.25) is 4.28 Å². The van der Waals surface area contributed by atoms with Gasteiger partial charge in [-0.1, -0.05) is 59.3 Å². The topological polar surface area (TPSA) is 55.7 Å². The molecule has 0 saturated carbocycles. The van der Waals surface area contributed by atoms with Crippen LogP contribution in [0.2, 0.25) is 0 Å². The smallest absolute Gasteiger partial charge is 0.264 e. The second-order valence-electron chi connectivity index (χ2n) is 6.72. The molecule has 0 radical (unpaired) electrons. The molecule has 3 rings (SSSR count). The van der Waals surface area contributed by atoms with E-state index in [-0.39, 0.29) is 10.5 Å². The van der Waals surface area contributed by atoms with E-state index in [4.69, 9.17) is 0 Å². The van der Waals surface area contributed by atoms with Crippen molar-refractivity contribution in [3.8, 4) is 0 Å². The van der Waals surface area contributed by atoms with Crippen LogP contribution in [0.3, 0.4) is 0 Å². The number of oxime groups is 1. The van der Waals surface area contributed by atoms with Crippen molar-refractivity contribution in [2.75, 3.05) is 0 Å². The van der Waals surface area contributed by atoms with Gasteiger partial charge >= 0.3 is 16.3 Å². The molecule has 4 nitrogen and oxygen atoms in total. The first-order valence-electron chi connectivity index (χ1n) is 8.65. The second-order valence-corrected chi connectivity index (χ2v) is 8.21. The quantitative estimate of drug-likeness (QED) is 0.417. The zero-order valence-corrected chi connectivity index (χ0v) is 16.7. The molecular formula is C21H18F3NO3S. The van der Waals surface area contributed by atoms with Gasteiger partial charge in [-0.2, -0.15) is 21.6 Å². The zero-order valence-electron chi connectivity index (χ0n) is 15.9. The normalized spacial score (nSPS) is 13.0. The third-order valence-electron chi connectivity index (χ3n) is 4.43. The number of nitrogens with zero attached hydrogens (tertiary/aromatic N) is 1. The van der Waals surface area contributed by atoms with Gasteiger partial charge in [0.25, 0.3) is 0 Å². The molecule has 0 fully saturated rings. The van der Waals surface area contributed by atoms with E-state index < -0.39 is 22.0 Å². The number of fused-ring (bicyclic) bond motifs is 1. The Balaban J connectivity index is 2.11. The Labute approximate surface area is 166 Å². The van der Waals surface area contributed by atoms with Crippen molar-refractivity contribution < 1.29 is 25.9 Å². The summed E-state index contributed by atoms with van der Waals surface area (Å²) in [5.74, 6) is 0. The lowest BCUT2D eigenvalue weighted by atomic mass is 9.96. The van der Waals surface area contributed by atoms with Crippen molar-refractivity contribution in [1.82, 2.24) is 0 Å². The van der Waals surface area contributed by atoms with E-state index in [1.807, 2.05) is 0 Å². The summed E-state index contributed by atoms with van der Waals surface area (Å²) in [6.45, 7) is 4.78. The van der Waals surface area contributed by atoms with Crippen LogP contribution in [0, 0.1) is 20.8 Å². The number of hydrogen-bond acceptors (Lipinski definition) is 4. The Bertz CT molecular complexity index is 1190. The fourth-order valence-electron chi connectivity index (χ4n) is 3.33. The predicted molar refractivity (Wildman–Crippen MR) is 105 cm³/mol. The number of alkyl halides is 3. The molecule has 0 spiro atoms. The predicted octanol–water partition coefficient (Wildman–Crippen LogP) is 5.44. The first-order chi connectivity index (χ1) is 13.5. The standard InChI is InChI=1S/C21H18F3NO3S/c1-13-11-14(2)19(15(3)12-13)20(21(22,23)24)25-28-29(26,27)18-10-6-8-16-7-4-5-9-17(16)18/h4-12H,1-3H3/b25-20-. The van der Waals surface area contributed by atoms with Crippen molar-refractivity contribution in [3.63, 3.8) is 0 Å². The molecule has 8 heteroatoms. The highest BCUT2D eigenvalue weighted by Crippen LogP contribution is 2.29. The van der Waals surface area contributed by atoms with Gasteiger partial charge in [-0.25, -0.2) is 0 Å². The average molecular weight is 421 g/mol. The molecule has 0 saturated heterocycles. The summed E-state index contributed by atoms with van der Waals surface area (Å²) < 4.78 is 70.9. The van der Waals surface area contributed by atoms with Gasteiger partial charge < -0.3 is 0 Å². The van der Waals surface area contributed by atoms with E-state index in [0.717, 1.165) is 5.56 Å². The number of rotatable bonds is 4. The SMILES string of the molecule is Cc1cc(C)c(/C(=N/OS(=O)(=O)c2cccc3ccccc23)C(F)(F)F)c(C)c1. The summed E-state index contributed by atoms with van der Waals surface area (Å²) in [6, 6.07) is 14.2. The molecule has 0 aliphatic heterocycles. The third-order valence-corrected chi connectivity index (χ3v) is 5.59. The number of hydrogen-bond donors (Lipinski definition) is 0.